The van der Waals surface area contributed by atoms with Crippen LogP contribution in [0.5, 0.6) is 23.0 Å². The van der Waals surface area contributed by atoms with Crippen molar-refractivity contribution in [1.29, 1.82) is 0 Å². The topological polar surface area (TPSA) is 173 Å². The van der Waals surface area contributed by atoms with E-state index in [0.29, 0.717) is 58.8 Å². The fraction of sp³-hybridized carbons (Fsp3) is 0.250. The summed E-state index contributed by atoms with van der Waals surface area (Å²) < 4.78 is 41.9. The SMILES string of the molecule is C/C(=N\N=C(/C)c1ccc(OC(=O)c2ccc(OCCOC(=O)C3CO3)cc2)cc1)c1ccc(OC(=O)c2ccc(OCCOC(=O)C3CO3)cc2)cc1. The second-order valence-electron chi connectivity index (χ2n) is 11.9. The van der Waals surface area contributed by atoms with Gasteiger partial charge >= 0.3 is 23.9 Å². The summed E-state index contributed by atoms with van der Waals surface area (Å²) >= 11 is 0. The molecule has 0 bridgehead atoms. The molecule has 14 heteroatoms. The number of esters is 4. The predicted octanol–water partition coefficient (Wildman–Crippen LogP) is 5.00. The number of hydrogen-bond acceptors (Lipinski definition) is 14. The van der Waals surface area contributed by atoms with Gasteiger partial charge in [-0.1, -0.05) is 0 Å². The van der Waals surface area contributed by atoms with Crippen molar-refractivity contribution in [1.82, 2.24) is 0 Å². The summed E-state index contributed by atoms with van der Waals surface area (Å²) in [6, 6.07) is 26.7. The van der Waals surface area contributed by atoms with E-state index in [4.69, 9.17) is 37.9 Å². The van der Waals surface area contributed by atoms with Gasteiger partial charge in [0.1, 0.15) is 49.4 Å². The molecule has 2 aliphatic rings. The van der Waals surface area contributed by atoms with E-state index in [1.165, 1.54) is 0 Å². The summed E-state index contributed by atoms with van der Waals surface area (Å²) in [6.45, 7) is 4.96. The van der Waals surface area contributed by atoms with E-state index in [1.54, 1.807) is 97.1 Å². The average molecular weight is 737 g/mol. The van der Waals surface area contributed by atoms with Gasteiger partial charge in [-0.15, -0.1) is 0 Å². The highest BCUT2D eigenvalue weighted by atomic mass is 16.6. The molecule has 0 saturated carbocycles. The Morgan fingerprint density at radius 3 is 1.15 bits per heavy atom. The second-order valence-corrected chi connectivity index (χ2v) is 11.9. The highest BCUT2D eigenvalue weighted by Crippen LogP contribution is 2.20. The maximum atomic E-state index is 12.7. The van der Waals surface area contributed by atoms with Crippen LogP contribution in [0.15, 0.2) is 107 Å². The van der Waals surface area contributed by atoms with Crippen molar-refractivity contribution >= 4 is 35.3 Å². The zero-order valence-corrected chi connectivity index (χ0v) is 29.4. The minimum absolute atomic E-state index is 0.0984. The molecule has 2 saturated heterocycles. The smallest absolute Gasteiger partial charge is 0.343 e. The molecule has 0 radical (unpaired) electrons. The molecule has 278 valence electrons. The average Bonchev–Trinajstić information content (AvgIpc) is 4.12. The molecule has 0 aliphatic carbocycles. The Hall–Kier alpha value is -6.38. The Morgan fingerprint density at radius 2 is 0.815 bits per heavy atom. The fourth-order valence-corrected chi connectivity index (χ4v) is 4.66. The molecule has 0 spiro atoms. The van der Waals surface area contributed by atoms with Crippen molar-refractivity contribution in [3.05, 3.63) is 119 Å². The van der Waals surface area contributed by atoms with Gasteiger partial charge in [0.05, 0.1) is 35.8 Å². The maximum Gasteiger partial charge on any atom is 0.343 e. The lowest BCUT2D eigenvalue weighted by Crippen LogP contribution is -2.16. The number of ether oxygens (including phenoxy) is 8. The largest absolute Gasteiger partial charge is 0.490 e. The van der Waals surface area contributed by atoms with E-state index >= 15 is 0 Å². The Kier molecular flexibility index (Phi) is 12.4. The zero-order chi connectivity index (χ0) is 37.9. The minimum atomic E-state index is -0.530. The first kappa shape index (κ1) is 37.4. The van der Waals surface area contributed by atoms with Crippen molar-refractivity contribution in [3.8, 4) is 23.0 Å². The lowest BCUT2D eigenvalue weighted by atomic mass is 10.1. The summed E-state index contributed by atoms with van der Waals surface area (Å²) in [5.74, 6) is -0.0908. The first-order valence-electron chi connectivity index (χ1n) is 17.0. The summed E-state index contributed by atoms with van der Waals surface area (Å²) in [4.78, 5) is 48.2. The third kappa shape index (κ3) is 11.1. The van der Waals surface area contributed by atoms with Crippen molar-refractivity contribution < 1.29 is 57.1 Å². The molecule has 54 heavy (non-hydrogen) atoms. The van der Waals surface area contributed by atoms with Crippen molar-refractivity contribution in [2.75, 3.05) is 39.6 Å². The number of carbonyl (C=O) groups excluding carboxylic acids is 4. The molecule has 0 aromatic heterocycles. The Labute approximate surface area is 310 Å². The van der Waals surface area contributed by atoms with Gasteiger partial charge in [0.15, 0.2) is 12.2 Å². The van der Waals surface area contributed by atoms with Crippen molar-refractivity contribution in [3.63, 3.8) is 0 Å². The second kappa shape index (κ2) is 17.9. The number of carbonyl (C=O) groups is 4. The third-order valence-corrected chi connectivity index (χ3v) is 7.88. The molecule has 2 unspecified atom stereocenters. The van der Waals surface area contributed by atoms with Crippen LogP contribution in [0.2, 0.25) is 0 Å². The van der Waals surface area contributed by atoms with E-state index in [9.17, 15) is 19.2 Å². The molecule has 4 aromatic carbocycles. The van der Waals surface area contributed by atoms with E-state index in [0.717, 1.165) is 11.1 Å². The zero-order valence-electron chi connectivity index (χ0n) is 29.4. The fourth-order valence-electron chi connectivity index (χ4n) is 4.66. The van der Waals surface area contributed by atoms with E-state index < -0.39 is 36.1 Å². The monoisotopic (exact) mass is 736 g/mol. The highest BCUT2D eigenvalue weighted by Gasteiger charge is 2.33. The summed E-state index contributed by atoms with van der Waals surface area (Å²) in [5, 5.41) is 8.71. The molecule has 6 rings (SSSR count). The van der Waals surface area contributed by atoms with Gasteiger partial charge in [-0.2, -0.15) is 10.2 Å². The first-order valence-corrected chi connectivity index (χ1v) is 17.0. The van der Waals surface area contributed by atoms with Gasteiger partial charge in [0, 0.05) is 0 Å². The third-order valence-electron chi connectivity index (χ3n) is 7.88. The number of rotatable bonds is 17. The Morgan fingerprint density at radius 1 is 0.500 bits per heavy atom. The lowest BCUT2D eigenvalue weighted by Gasteiger charge is -2.08. The molecule has 2 aliphatic heterocycles. The highest BCUT2D eigenvalue weighted by molar-refractivity contribution is 6.02. The van der Waals surface area contributed by atoms with Crippen LogP contribution in [0.4, 0.5) is 0 Å². The molecular formula is C40H36N2O12. The van der Waals surface area contributed by atoms with Crippen molar-refractivity contribution in [2.45, 2.75) is 26.1 Å². The Balaban J connectivity index is 0.928. The van der Waals surface area contributed by atoms with Gasteiger partial charge < -0.3 is 37.9 Å². The van der Waals surface area contributed by atoms with Crippen LogP contribution >= 0.6 is 0 Å². The van der Waals surface area contributed by atoms with Gasteiger partial charge in [-0.3, -0.25) is 0 Å². The van der Waals surface area contributed by atoms with Crippen molar-refractivity contribution in [2.24, 2.45) is 10.2 Å². The van der Waals surface area contributed by atoms with Crippen LogP contribution in [0.3, 0.4) is 0 Å². The maximum absolute atomic E-state index is 12.7. The normalized spacial score (nSPS) is 16.1. The number of nitrogens with zero attached hydrogens (tertiary/aromatic N) is 2. The molecule has 0 amide bonds. The predicted molar refractivity (Wildman–Crippen MR) is 192 cm³/mol. The van der Waals surface area contributed by atoms with Crippen LogP contribution in [0, 0.1) is 0 Å². The van der Waals surface area contributed by atoms with Crippen LogP contribution in [0.1, 0.15) is 45.7 Å². The van der Waals surface area contributed by atoms with Gasteiger partial charge in [-0.25, -0.2) is 19.2 Å². The number of benzene rings is 4. The van der Waals surface area contributed by atoms with E-state index in [2.05, 4.69) is 10.2 Å². The minimum Gasteiger partial charge on any atom is -0.490 e. The van der Waals surface area contributed by atoms with Gasteiger partial charge in [0.25, 0.3) is 0 Å². The number of epoxide rings is 2. The molecule has 14 nitrogen and oxygen atoms in total. The van der Waals surface area contributed by atoms with Gasteiger partial charge in [0.2, 0.25) is 0 Å². The van der Waals surface area contributed by atoms with E-state index in [1.807, 2.05) is 13.8 Å². The molecular weight excluding hydrogens is 700 g/mol. The number of hydrogen-bond donors (Lipinski definition) is 0. The van der Waals surface area contributed by atoms with Crippen LogP contribution in [-0.4, -0.2) is 87.1 Å². The Bertz CT molecular complexity index is 1850. The quantitative estimate of drug-likeness (QED) is 0.0355. The summed E-state index contributed by atoms with van der Waals surface area (Å²) in [5.41, 5.74) is 3.55. The summed E-state index contributed by atoms with van der Waals surface area (Å²) in [6.07, 6.45) is -0.900. The van der Waals surface area contributed by atoms with E-state index in [-0.39, 0.29) is 26.4 Å². The van der Waals surface area contributed by atoms with Crippen LogP contribution in [0.25, 0.3) is 0 Å². The van der Waals surface area contributed by atoms with Gasteiger partial charge in [-0.05, 0) is 122 Å². The first-order chi connectivity index (χ1) is 26.2. The lowest BCUT2D eigenvalue weighted by molar-refractivity contribution is -0.146. The molecule has 0 N–H and O–H groups in total. The molecule has 2 heterocycles. The standard InChI is InChI=1S/C40H36N2O12/c1-25(27-3-15-33(16-4-27)53-37(43)29-7-11-31(12-8-29)47-19-21-49-39(45)35-23-51-35)41-42-26(2)28-5-17-34(18-6-28)54-38(44)30-9-13-32(14-10-30)48-20-22-50-40(46)36-24-52-36/h3-18,35-36H,19-24H2,1-2H3/b41-25+,42-26+. The van der Waals surface area contributed by atoms with Crippen LogP contribution < -0.4 is 18.9 Å². The van der Waals surface area contributed by atoms with Crippen LogP contribution in [-0.2, 0) is 28.5 Å². The molecule has 2 atom stereocenters. The molecule has 4 aromatic rings. The summed E-state index contributed by atoms with van der Waals surface area (Å²) in [7, 11) is 0. The molecule has 2 fully saturated rings.